The Morgan fingerprint density at radius 2 is 1.25 bits per heavy atom. The topological polar surface area (TPSA) is 0 Å². The summed E-state index contributed by atoms with van der Waals surface area (Å²) in [5.74, 6) is 0.963. The van der Waals surface area contributed by atoms with Gasteiger partial charge in [0.25, 0.3) is 0 Å². The fourth-order valence-electron chi connectivity index (χ4n) is 5.67. The molecule has 0 spiro atoms. The molecule has 0 saturated heterocycles. The Bertz CT molecular complexity index is 1390. The molecule has 1 saturated carbocycles. The van der Waals surface area contributed by atoms with E-state index in [0.717, 1.165) is 5.92 Å². The lowest BCUT2D eigenvalue weighted by Crippen LogP contribution is -2.06. The third-order valence-corrected chi connectivity index (χ3v) is 10.0. The highest BCUT2D eigenvalue weighted by Crippen LogP contribution is 2.39. The summed E-state index contributed by atoms with van der Waals surface area (Å²) in [6, 6.07) is 19.2. The zero-order valence-corrected chi connectivity index (χ0v) is 20.7. The van der Waals surface area contributed by atoms with E-state index < -0.39 is 0 Å². The average molecular weight is 457 g/mol. The molecule has 1 fully saturated rings. The maximum absolute atomic E-state index is 2.47. The van der Waals surface area contributed by atoms with Gasteiger partial charge in [-0.3, -0.25) is 0 Å². The van der Waals surface area contributed by atoms with Gasteiger partial charge < -0.3 is 0 Å². The number of hydrogen-bond donors (Lipinski definition) is 0. The SMILES string of the molecule is CCCCc1cc2ccc3cc4c(ccc5cc(CCC6CCCCC6)sc54)cc3c2s1. The van der Waals surface area contributed by atoms with Gasteiger partial charge in [-0.15, -0.1) is 22.7 Å². The third-order valence-electron chi connectivity index (χ3n) is 7.52. The van der Waals surface area contributed by atoms with Gasteiger partial charge in [-0.05, 0) is 77.4 Å². The van der Waals surface area contributed by atoms with Crippen molar-refractivity contribution in [3.8, 4) is 0 Å². The van der Waals surface area contributed by atoms with Crippen LogP contribution < -0.4 is 0 Å². The van der Waals surface area contributed by atoms with E-state index in [2.05, 4.69) is 55.5 Å². The van der Waals surface area contributed by atoms with Gasteiger partial charge in [-0.1, -0.05) is 69.7 Å². The van der Waals surface area contributed by atoms with Crippen molar-refractivity contribution in [2.75, 3.05) is 0 Å². The molecule has 0 radical (unpaired) electrons. The van der Waals surface area contributed by atoms with Crippen LogP contribution in [0.15, 0.2) is 48.5 Å². The predicted octanol–water partition coefficient (Wildman–Crippen LogP) is 10.3. The number of rotatable bonds is 6. The summed E-state index contributed by atoms with van der Waals surface area (Å²) in [4.78, 5) is 3.11. The first-order chi connectivity index (χ1) is 15.8. The summed E-state index contributed by atoms with van der Waals surface area (Å²) in [6.07, 6.45) is 13.7. The Labute approximate surface area is 199 Å². The normalized spacial score (nSPS) is 15.5. The highest BCUT2D eigenvalue weighted by Gasteiger charge is 2.15. The zero-order chi connectivity index (χ0) is 21.5. The van der Waals surface area contributed by atoms with Crippen LogP contribution in [0.5, 0.6) is 0 Å². The van der Waals surface area contributed by atoms with Crippen molar-refractivity contribution in [1.29, 1.82) is 0 Å². The van der Waals surface area contributed by atoms with Gasteiger partial charge in [0.15, 0.2) is 0 Å². The molecule has 2 heterocycles. The molecule has 1 aliphatic carbocycles. The number of aryl methyl sites for hydroxylation is 2. The first-order valence-electron chi connectivity index (χ1n) is 12.6. The molecule has 0 bridgehead atoms. The van der Waals surface area contributed by atoms with Gasteiger partial charge in [0, 0.05) is 29.9 Å². The Hall–Kier alpha value is -1.90. The van der Waals surface area contributed by atoms with Gasteiger partial charge in [-0.2, -0.15) is 0 Å². The number of benzene rings is 3. The van der Waals surface area contributed by atoms with Crippen LogP contribution in [0, 0.1) is 5.92 Å². The highest BCUT2D eigenvalue weighted by molar-refractivity contribution is 7.20. The van der Waals surface area contributed by atoms with Crippen LogP contribution in [-0.2, 0) is 12.8 Å². The number of fused-ring (bicyclic) bond motifs is 6. The van der Waals surface area contributed by atoms with Gasteiger partial charge in [0.2, 0.25) is 0 Å². The molecule has 0 atom stereocenters. The minimum atomic E-state index is 0.963. The zero-order valence-electron chi connectivity index (χ0n) is 19.1. The molecule has 0 unspecified atom stereocenters. The average Bonchev–Trinajstić information content (AvgIpc) is 3.45. The minimum Gasteiger partial charge on any atom is -0.140 e. The minimum absolute atomic E-state index is 0.963. The molecule has 0 nitrogen and oxygen atoms in total. The lowest BCUT2D eigenvalue weighted by molar-refractivity contribution is 0.340. The van der Waals surface area contributed by atoms with Crippen LogP contribution in [0.2, 0.25) is 0 Å². The number of hydrogen-bond acceptors (Lipinski definition) is 2. The van der Waals surface area contributed by atoms with Crippen LogP contribution >= 0.6 is 22.7 Å². The third kappa shape index (κ3) is 3.86. The van der Waals surface area contributed by atoms with Crippen molar-refractivity contribution in [3.63, 3.8) is 0 Å². The van der Waals surface area contributed by atoms with E-state index in [1.165, 1.54) is 111 Å². The fraction of sp³-hybridized carbons (Fsp3) is 0.400. The maximum atomic E-state index is 2.47. The summed E-state index contributed by atoms with van der Waals surface area (Å²) >= 11 is 4.05. The van der Waals surface area contributed by atoms with Crippen LogP contribution in [0.4, 0.5) is 0 Å². The summed E-state index contributed by atoms with van der Waals surface area (Å²) in [6.45, 7) is 2.28. The second kappa shape index (κ2) is 8.80. The van der Waals surface area contributed by atoms with E-state index in [1.54, 1.807) is 4.88 Å². The van der Waals surface area contributed by atoms with Crippen LogP contribution in [-0.4, -0.2) is 0 Å². The predicted molar refractivity (Wildman–Crippen MR) is 146 cm³/mol. The lowest BCUT2D eigenvalue weighted by Gasteiger charge is -2.20. The van der Waals surface area contributed by atoms with Crippen LogP contribution in [0.25, 0.3) is 41.7 Å². The van der Waals surface area contributed by atoms with E-state index >= 15 is 0 Å². The Morgan fingerprint density at radius 3 is 1.84 bits per heavy atom. The smallest absolute Gasteiger partial charge is 0.0424 e. The lowest BCUT2D eigenvalue weighted by atomic mass is 9.86. The van der Waals surface area contributed by atoms with Crippen LogP contribution in [0.1, 0.15) is 68.0 Å². The van der Waals surface area contributed by atoms with E-state index in [9.17, 15) is 0 Å². The van der Waals surface area contributed by atoms with E-state index in [0.29, 0.717) is 0 Å². The molecule has 6 rings (SSSR count). The standard InChI is InChI=1S/C30H32S2/c1-2-3-9-25-16-23-13-11-21-19-28-22(18-27(21)29(23)31-25)12-14-24-17-26(32-30(24)28)15-10-20-7-5-4-6-8-20/h11-14,16-20H,2-10,15H2,1H3. The molecule has 0 aliphatic heterocycles. The van der Waals surface area contributed by atoms with Gasteiger partial charge in [0.1, 0.15) is 0 Å². The van der Waals surface area contributed by atoms with E-state index in [4.69, 9.17) is 0 Å². The quantitative estimate of drug-likeness (QED) is 0.223. The Morgan fingerprint density at radius 1 is 0.688 bits per heavy atom. The maximum Gasteiger partial charge on any atom is 0.0424 e. The molecule has 1 aliphatic rings. The first-order valence-corrected chi connectivity index (χ1v) is 14.2. The van der Waals surface area contributed by atoms with Gasteiger partial charge in [0.05, 0.1) is 0 Å². The van der Waals surface area contributed by atoms with Crippen molar-refractivity contribution in [2.45, 2.75) is 71.1 Å². The summed E-state index contributed by atoms with van der Waals surface area (Å²) in [7, 11) is 0. The van der Waals surface area contributed by atoms with Gasteiger partial charge >= 0.3 is 0 Å². The first kappa shape index (κ1) is 20.7. The van der Waals surface area contributed by atoms with Gasteiger partial charge in [-0.25, -0.2) is 0 Å². The van der Waals surface area contributed by atoms with Crippen molar-refractivity contribution in [2.24, 2.45) is 5.92 Å². The van der Waals surface area contributed by atoms with Crippen LogP contribution in [0.3, 0.4) is 0 Å². The van der Waals surface area contributed by atoms with Crippen molar-refractivity contribution in [1.82, 2.24) is 0 Å². The summed E-state index contributed by atoms with van der Waals surface area (Å²) in [5.41, 5.74) is 0. The molecule has 0 N–H and O–H groups in total. The number of unbranched alkanes of at least 4 members (excludes halogenated alkanes) is 1. The molecular formula is C30H32S2. The second-order valence-electron chi connectivity index (χ2n) is 9.83. The van der Waals surface area contributed by atoms with E-state index in [-0.39, 0.29) is 0 Å². The summed E-state index contributed by atoms with van der Waals surface area (Å²) < 4.78 is 2.95. The molecule has 164 valence electrons. The molecule has 32 heavy (non-hydrogen) atoms. The Kier molecular flexibility index (Phi) is 5.69. The van der Waals surface area contributed by atoms with Crippen molar-refractivity contribution in [3.05, 3.63) is 58.3 Å². The summed E-state index contributed by atoms with van der Waals surface area (Å²) in [5, 5.41) is 8.48. The van der Waals surface area contributed by atoms with Crippen molar-refractivity contribution < 1.29 is 0 Å². The largest absolute Gasteiger partial charge is 0.140 e. The fourth-order valence-corrected chi connectivity index (χ4v) is 8.09. The molecule has 2 heteroatoms. The number of thiophene rings is 2. The second-order valence-corrected chi connectivity index (χ2v) is 12.1. The molecule has 2 aromatic heterocycles. The molecule has 5 aromatic rings. The Balaban J connectivity index is 1.38. The molecule has 0 amide bonds. The molecular weight excluding hydrogens is 424 g/mol. The highest BCUT2D eigenvalue weighted by atomic mass is 32.1. The van der Waals surface area contributed by atoms with Crippen molar-refractivity contribution >= 4 is 64.4 Å². The van der Waals surface area contributed by atoms with E-state index in [1.807, 2.05) is 22.7 Å². The molecule has 3 aromatic carbocycles. The monoisotopic (exact) mass is 456 g/mol.